The van der Waals surface area contributed by atoms with E-state index < -0.39 is 0 Å². The zero-order valence-corrected chi connectivity index (χ0v) is 13.6. The van der Waals surface area contributed by atoms with Crippen molar-refractivity contribution in [2.24, 2.45) is 5.92 Å². The molecule has 3 heterocycles. The van der Waals surface area contributed by atoms with Crippen LogP contribution in [-0.2, 0) is 0 Å². The van der Waals surface area contributed by atoms with E-state index in [2.05, 4.69) is 31.2 Å². The van der Waals surface area contributed by atoms with Gasteiger partial charge < -0.3 is 10.2 Å². The van der Waals surface area contributed by atoms with Gasteiger partial charge in [-0.25, -0.2) is 4.52 Å². The number of halogens is 1. The van der Waals surface area contributed by atoms with Crippen LogP contribution in [0.4, 0.5) is 5.95 Å². The summed E-state index contributed by atoms with van der Waals surface area (Å²) < 4.78 is 2.87. The molecule has 2 aromatic heterocycles. The van der Waals surface area contributed by atoms with Crippen LogP contribution in [0.1, 0.15) is 25.7 Å². The van der Waals surface area contributed by atoms with Crippen molar-refractivity contribution >= 4 is 27.5 Å². The molecule has 0 spiro atoms. The fourth-order valence-corrected chi connectivity index (χ4v) is 3.55. The molecule has 0 amide bonds. The minimum atomic E-state index is 0.642. The van der Waals surface area contributed by atoms with E-state index >= 15 is 0 Å². The summed E-state index contributed by atoms with van der Waals surface area (Å²) in [6, 6.07) is 4.64. The highest BCUT2D eigenvalue weighted by Crippen LogP contribution is 2.32. The highest BCUT2D eigenvalue weighted by Gasteiger charge is 2.33. The van der Waals surface area contributed by atoms with Crippen molar-refractivity contribution < 1.29 is 0 Å². The number of fused-ring (bicyclic) bond motifs is 1. The van der Waals surface area contributed by atoms with Crippen molar-refractivity contribution in [3.63, 3.8) is 0 Å². The third kappa shape index (κ3) is 2.79. The van der Waals surface area contributed by atoms with Crippen molar-refractivity contribution in [2.45, 2.75) is 31.7 Å². The molecule has 1 atom stereocenters. The van der Waals surface area contributed by atoms with Crippen molar-refractivity contribution in [3.05, 3.63) is 22.8 Å². The average molecular weight is 350 g/mol. The van der Waals surface area contributed by atoms with E-state index in [1.165, 1.54) is 32.2 Å². The second-order valence-corrected chi connectivity index (χ2v) is 6.99. The number of aromatic nitrogens is 3. The highest BCUT2D eigenvalue weighted by molar-refractivity contribution is 9.10. The van der Waals surface area contributed by atoms with Crippen LogP contribution in [0.3, 0.4) is 0 Å². The van der Waals surface area contributed by atoms with Gasteiger partial charge >= 0.3 is 0 Å². The topological polar surface area (TPSA) is 45.5 Å². The Morgan fingerprint density at radius 2 is 2.29 bits per heavy atom. The van der Waals surface area contributed by atoms with E-state index in [0.717, 1.165) is 35.1 Å². The Morgan fingerprint density at radius 3 is 3.00 bits per heavy atom. The van der Waals surface area contributed by atoms with E-state index in [1.54, 1.807) is 0 Å². The van der Waals surface area contributed by atoms with E-state index in [9.17, 15) is 0 Å². The number of rotatable bonds is 4. The normalized spacial score (nSPS) is 22.6. The van der Waals surface area contributed by atoms with Crippen LogP contribution >= 0.6 is 15.9 Å². The fourth-order valence-electron chi connectivity index (χ4n) is 3.12. The van der Waals surface area contributed by atoms with Crippen LogP contribution in [0.15, 0.2) is 22.8 Å². The van der Waals surface area contributed by atoms with Gasteiger partial charge in [-0.3, -0.25) is 0 Å². The minimum Gasteiger partial charge on any atom is -0.336 e. The maximum Gasteiger partial charge on any atom is 0.245 e. The third-order valence-electron chi connectivity index (χ3n) is 4.40. The van der Waals surface area contributed by atoms with Gasteiger partial charge in [0.15, 0.2) is 5.65 Å². The number of piperidine rings is 1. The second kappa shape index (κ2) is 5.57. The first-order valence-corrected chi connectivity index (χ1v) is 8.59. The second-order valence-electron chi connectivity index (χ2n) is 6.13. The first kappa shape index (κ1) is 13.5. The lowest BCUT2D eigenvalue weighted by Gasteiger charge is -2.29. The molecule has 2 aliphatic rings. The zero-order valence-electron chi connectivity index (χ0n) is 12.0. The van der Waals surface area contributed by atoms with Crippen molar-refractivity contribution in [1.82, 2.24) is 19.9 Å². The molecule has 4 rings (SSSR count). The predicted molar refractivity (Wildman–Crippen MR) is 86.6 cm³/mol. The zero-order chi connectivity index (χ0) is 14.2. The first-order chi connectivity index (χ1) is 10.3. The number of hydrogen-bond acceptors (Lipinski definition) is 4. The Morgan fingerprint density at radius 1 is 1.38 bits per heavy atom. The Hall–Kier alpha value is -1.14. The van der Waals surface area contributed by atoms with Crippen molar-refractivity contribution in [1.29, 1.82) is 0 Å². The molecule has 1 saturated carbocycles. The van der Waals surface area contributed by atoms with Crippen LogP contribution in [0.5, 0.6) is 0 Å². The molecule has 2 fully saturated rings. The number of hydrogen-bond donors (Lipinski definition) is 1. The molecule has 0 radical (unpaired) electrons. The van der Waals surface area contributed by atoms with Gasteiger partial charge in [-0.2, -0.15) is 4.98 Å². The molecule has 5 nitrogen and oxygen atoms in total. The van der Waals surface area contributed by atoms with E-state index in [-0.39, 0.29) is 0 Å². The Balaban J connectivity index is 1.61. The summed E-state index contributed by atoms with van der Waals surface area (Å²) in [7, 11) is 0. The van der Waals surface area contributed by atoms with Crippen LogP contribution in [-0.4, -0.2) is 40.3 Å². The summed E-state index contributed by atoms with van der Waals surface area (Å²) in [5.74, 6) is 1.60. The van der Waals surface area contributed by atoms with E-state index in [0.29, 0.717) is 6.04 Å². The summed E-state index contributed by atoms with van der Waals surface area (Å²) in [5, 5.41) is 8.19. The molecule has 6 heteroatoms. The lowest BCUT2D eigenvalue weighted by molar-refractivity contribution is 0.374. The van der Waals surface area contributed by atoms with Gasteiger partial charge in [0.2, 0.25) is 5.95 Å². The first-order valence-electron chi connectivity index (χ1n) is 7.79. The minimum absolute atomic E-state index is 0.642. The van der Waals surface area contributed by atoms with Crippen LogP contribution < -0.4 is 10.2 Å². The lowest BCUT2D eigenvalue weighted by Crippen LogP contribution is -2.39. The highest BCUT2D eigenvalue weighted by atomic mass is 79.9. The quantitative estimate of drug-likeness (QED) is 0.920. The largest absolute Gasteiger partial charge is 0.336 e. The number of pyridine rings is 1. The maximum atomic E-state index is 4.75. The molecule has 0 bridgehead atoms. The standard InChI is InChI=1S/C15H20BrN5/c16-13-4-2-8-21-14(13)18-15(19-21)20(12-5-6-12)10-11-3-1-7-17-9-11/h2,4,8,11-12,17H,1,3,5-7,9-10H2. The maximum absolute atomic E-state index is 4.75. The summed E-state index contributed by atoms with van der Waals surface area (Å²) in [6.07, 6.45) is 7.11. The average Bonchev–Trinajstić information content (AvgIpc) is 3.25. The van der Waals surface area contributed by atoms with Crippen molar-refractivity contribution in [3.8, 4) is 0 Å². The summed E-state index contributed by atoms with van der Waals surface area (Å²) in [4.78, 5) is 7.18. The molecule has 112 valence electrons. The summed E-state index contributed by atoms with van der Waals surface area (Å²) >= 11 is 3.56. The fraction of sp³-hybridized carbons (Fsp3) is 0.600. The van der Waals surface area contributed by atoms with Crippen molar-refractivity contribution in [2.75, 3.05) is 24.5 Å². The smallest absolute Gasteiger partial charge is 0.245 e. The summed E-state index contributed by atoms with van der Waals surface area (Å²) in [5.41, 5.74) is 0.903. The van der Waals surface area contributed by atoms with Crippen LogP contribution in [0.2, 0.25) is 0 Å². The van der Waals surface area contributed by atoms with Gasteiger partial charge in [0, 0.05) is 18.8 Å². The summed E-state index contributed by atoms with van der Waals surface area (Å²) in [6.45, 7) is 3.37. The van der Waals surface area contributed by atoms with Gasteiger partial charge in [0.25, 0.3) is 0 Å². The molecular weight excluding hydrogens is 330 g/mol. The van der Waals surface area contributed by atoms with E-state index in [4.69, 9.17) is 4.98 Å². The molecule has 21 heavy (non-hydrogen) atoms. The third-order valence-corrected chi connectivity index (χ3v) is 5.02. The molecule has 2 aromatic rings. The van der Waals surface area contributed by atoms with Gasteiger partial charge in [-0.05, 0) is 72.8 Å². The molecule has 1 saturated heterocycles. The van der Waals surface area contributed by atoms with Gasteiger partial charge in [-0.1, -0.05) is 0 Å². The molecular formula is C15H20BrN5. The Kier molecular flexibility index (Phi) is 3.59. The molecule has 1 aliphatic heterocycles. The van der Waals surface area contributed by atoms with E-state index in [1.807, 2.05) is 22.8 Å². The molecule has 0 aromatic carbocycles. The SMILES string of the molecule is Brc1cccn2nc(N(CC3CCCNC3)C3CC3)nc12. The Labute approximate surface area is 132 Å². The van der Waals surface area contributed by atoms with Gasteiger partial charge in [-0.15, -0.1) is 5.10 Å². The monoisotopic (exact) mass is 349 g/mol. The lowest BCUT2D eigenvalue weighted by atomic mass is 9.99. The molecule has 1 unspecified atom stereocenters. The van der Waals surface area contributed by atoms with Gasteiger partial charge in [0.05, 0.1) is 4.47 Å². The van der Waals surface area contributed by atoms with Crippen LogP contribution in [0, 0.1) is 5.92 Å². The van der Waals surface area contributed by atoms with Gasteiger partial charge in [0.1, 0.15) is 0 Å². The number of anilines is 1. The number of nitrogens with zero attached hydrogens (tertiary/aromatic N) is 4. The molecule has 1 aliphatic carbocycles. The Bertz CT molecular complexity index is 630. The predicted octanol–water partition coefficient (Wildman–Crippen LogP) is 2.46. The number of nitrogens with one attached hydrogen (secondary N) is 1. The van der Waals surface area contributed by atoms with Crippen LogP contribution in [0.25, 0.3) is 5.65 Å². The molecule has 1 N–H and O–H groups in total.